The maximum atomic E-state index is 14.4. The third-order valence-electron chi connectivity index (χ3n) is 3.29. The SMILES string of the molecule is CCc1c(F)c(F)c(CC)c(C(=O)NC(C)(C)CO)c1F. The van der Waals surface area contributed by atoms with Gasteiger partial charge < -0.3 is 10.4 Å². The molecule has 0 aliphatic heterocycles. The lowest BCUT2D eigenvalue weighted by molar-refractivity contribution is 0.0863. The van der Waals surface area contributed by atoms with Gasteiger partial charge in [-0.05, 0) is 26.7 Å². The van der Waals surface area contributed by atoms with E-state index in [1.807, 2.05) is 0 Å². The minimum atomic E-state index is -1.25. The minimum absolute atomic E-state index is 0.0219. The highest BCUT2D eigenvalue weighted by atomic mass is 19.2. The fourth-order valence-corrected chi connectivity index (χ4v) is 2.04. The third kappa shape index (κ3) is 3.37. The van der Waals surface area contributed by atoms with Gasteiger partial charge in [0.1, 0.15) is 5.82 Å². The molecule has 2 N–H and O–H groups in total. The largest absolute Gasteiger partial charge is 0.394 e. The van der Waals surface area contributed by atoms with Crippen molar-refractivity contribution in [2.75, 3.05) is 6.61 Å². The van der Waals surface area contributed by atoms with Gasteiger partial charge in [-0.25, -0.2) is 13.2 Å². The number of aliphatic hydroxyl groups excluding tert-OH is 1. The zero-order valence-electron chi connectivity index (χ0n) is 12.6. The Hall–Kier alpha value is -1.56. The molecule has 1 amide bonds. The summed E-state index contributed by atoms with van der Waals surface area (Å²) in [5, 5.41) is 11.6. The molecule has 0 unspecified atom stereocenters. The van der Waals surface area contributed by atoms with Crippen LogP contribution in [0.3, 0.4) is 0 Å². The second-order valence-corrected chi connectivity index (χ2v) is 5.48. The fraction of sp³-hybridized carbons (Fsp3) is 0.533. The molecule has 0 atom stereocenters. The summed E-state index contributed by atoms with van der Waals surface area (Å²) in [7, 11) is 0. The van der Waals surface area contributed by atoms with E-state index in [0.717, 1.165) is 0 Å². The Morgan fingerprint density at radius 2 is 1.52 bits per heavy atom. The molecule has 0 aromatic heterocycles. The Bertz CT molecular complexity index is 557. The van der Waals surface area contributed by atoms with Crippen molar-refractivity contribution in [2.24, 2.45) is 0 Å². The van der Waals surface area contributed by atoms with E-state index in [1.54, 1.807) is 0 Å². The van der Waals surface area contributed by atoms with Crippen LogP contribution >= 0.6 is 0 Å². The van der Waals surface area contributed by atoms with Gasteiger partial charge >= 0.3 is 0 Å². The molecular formula is C15H20F3NO2. The van der Waals surface area contributed by atoms with Crippen LogP contribution in [0.2, 0.25) is 0 Å². The molecule has 6 heteroatoms. The average molecular weight is 303 g/mol. The first-order valence-electron chi connectivity index (χ1n) is 6.81. The van der Waals surface area contributed by atoms with E-state index in [-0.39, 0.29) is 25.0 Å². The summed E-state index contributed by atoms with van der Waals surface area (Å²) >= 11 is 0. The summed E-state index contributed by atoms with van der Waals surface area (Å²) in [6, 6.07) is 0. The Balaban J connectivity index is 3.47. The lowest BCUT2D eigenvalue weighted by Crippen LogP contribution is -2.47. The van der Waals surface area contributed by atoms with Gasteiger partial charge in [0.15, 0.2) is 11.6 Å². The summed E-state index contributed by atoms with van der Waals surface area (Å²) in [4.78, 5) is 12.2. The fourth-order valence-electron chi connectivity index (χ4n) is 2.04. The van der Waals surface area contributed by atoms with Crippen LogP contribution < -0.4 is 5.32 Å². The molecule has 0 radical (unpaired) electrons. The number of benzene rings is 1. The van der Waals surface area contributed by atoms with E-state index in [0.29, 0.717) is 0 Å². The molecule has 0 bridgehead atoms. The van der Waals surface area contributed by atoms with Gasteiger partial charge in [0.2, 0.25) is 0 Å². The lowest BCUT2D eigenvalue weighted by atomic mass is 9.96. The first kappa shape index (κ1) is 17.5. The number of aliphatic hydroxyl groups is 1. The molecule has 118 valence electrons. The number of rotatable bonds is 5. The monoisotopic (exact) mass is 303 g/mol. The molecule has 0 saturated heterocycles. The number of hydrogen-bond donors (Lipinski definition) is 2. The van der Waals surface area contributed by atoms with Crippen molar-refractivity contribution < 1.29 is 23.1 Å². The second kappa shape index (κ2) is 6.47. The van der Waals surface area contributed by atoms with E-state index < -0.39 is 40.0 Å². The highest BCUT2D eigenvalue weighted by molar-refractivity contribution is 5.96. The van der Waals surface area contributed by atoms with E-state index in [1.165, 1.54) is 27.7 Å². The van der Waals surface area contributed by atoms with Crippen LogP contribution in [0.15, 0.2) is 0 Å². The normalized spacial score (nSPS) is 11.6. The molecule has 1 rings (SSSR count). The van der Waals surface area contributed by atoms with Crippen molar-refractivity contribution in [1.29, 1.82) is 0 Å². The number of nitrogens with one attached hydrogen (secondary N) is 1. The van der Waals surface area contributed by atoms with E-state index in [2.05, 4.69) is 5.32 Å². The van der Waals surface area contributed by atoms with E-state index in [9.17, 15) is 18.0 Å². The van der Waals surface area contributed by atoms with Gasteiger partial charge in [0.05, 0.1) is 17.7 Å². The quantitative estimate of drug-likeness (QED) is 0.822. The summed E-state index contributed by atoms with van der Waals surface area (Å²) < 4.78 is 42.1. The highest BCUT2D eigenvalue weighted by Crippen LogP contribution is 2.26. The van der Waals surface area contributed by atoms with E-state index in [4.69, 9.17) is 5.11 Å². The summed E-state index contributed by atoms with van der Waals surface area (Å²) in [5.41, 5.74) is -2.23. The molecule has 0 spiro atoms. The van der Waals surface area contributed by atoms with Crippen molar-refractivity contribution in [1.82, 2.24) is 5.32 Å². The summed E-state index contributed by atoms with van der Waals surface area (Å²) in [5.74, 6) is -4.34. The second-order valence-electron chi connectivity index (χ2n) is 5.48. The van der Waals surface area contributed by atoms with Crippen molar-refractivity contribution in [3.63, 3.8) is 0 Å². The molecular weight excluding hydrogens is 283 g/mol. The topological polar surface area (TPSA) is 49.3 Å². The first-order valence-corrected chi connectivity index (χ1v) is 6.81. The molecule has 0 saturated carbocycles. The van der Waals surface area contributed by atoms with Crippen LogP contribution in [0.1, 0.15) is 49.2 Å². The van der Waals surface area contributed by atoms with Crippen LogP contribution in [-0.4, -0.2) is 23.2 Å². The predicted molar refractivity (Wildman–Crippen MR) is 73.7 cm³/mol. The maximum Gasteiger partial charge on any atom is 0.255 e. The standard InChI is InChI=1S/C15H20F3NO2/c1-5-8-10(14(21)19-15(3,4)7-20)11(16)9(6-2)13(18)12(8)17/h20H,5-7H2,1-4H3,(H,19,21). The highest BCUT2D eigenvalue weighted by Gasteiger charge is 2.29. The smallest absolute Gasteiger partial charge is 0.255 e. The number of carbonyl (C=O) groups excluding carboxylic acids is 1. The number of hydrogen-bond acceptors (Lipinski definition) is 2. The summed E-state index contributed by atoms with van der Waals surface area (Å²) in [6.45, 7) is 5.69. The Morgan fingerprint density at radius 1 is 1.05 bits per heavy atom. The molecule has 3 nitrogen and oxygen atoms in total. The van der Waals surface area contributed by atoms with Gasteiger partial charge in [-0.3, -0.25) is 4.79 Å². The molecule has 1 aromatic carbocycles. The minimum Gasteiger partial charge on any atom is -0.394 e. The Labute approximate surface area is 122 Å². The maximum absolute atomic E-state index is 14.4. The molecule has 0 aliphatic carbocycles. The van der Waals surface area contributed by atoms with Gasteiger partial charge in [-0.1, -0.05) is 13.8 Å². The zero-order chi connectivity index (χ0) is 16.4. The van der Waals surface area contributed by atoms with Gasteiger partial charge in [0, 0.05) is 11.1 Å². The Morgan fingerprint density at radius 3 is 1.95 bits per heavy atom. The van der Waals surface area contributed by atoms with Gasteiger partial charge in [0.25, 0.3) is 5.91 Å². The van der Waals surface area contributed by atoms with Gasteiger partial charge in [-0.15, -0.1) is 0 Å². The Kier molecular flexibility index (Phi) is 5.39. The van der Waals surface area contributed by atoms with Crippen LogP contribution in [0.25, 0.3) is 0 Å². The number of carbonyl (C=O) groups is 1. The molecule has 21 heavy (non-hydrogen) atoms. The van der Waals surface area contributed by atoms with Crippen LogP contribution in [0, 0.1) is 17.5 Å². The van der Waals surface area contributed by atoms with E-state index >= 15 is 0 Å². The number of amides is 1. The lowest BCUT2D eigenvalue weighted by Gasteiger charge is -2.25. The molecule has 0 fully saturated rings. The molecule has 0 aliphatic rings. The zero-order valence-corrected chi connectivity index (χ0v) is 12.6. The average Bonchev–Trinajstić information content (AvgIpc) is 2.42. The van der Waals surface area contributed by atoms with Crippen LogP contribution in [0.5, 0.6) is 0 Å². The van der Waals surface area contributed by atoms with Crippen molar-refractivity contribution in [3.05, 3.63) is 34.1 Å². The van der Waals surface area contributed by atoms with Gasteiger partial charge in [-0.2, -0.15) is 0 Å². The summed E-state index contributed by atoms with van der Waals surface area (Å²) in [6.07, 6.45) is -0.0891. The van der Waals surface area contributed by atoms with Crippen molar-refractivity contribution in [2.45, 2.75) is 46.1 Å². The predicted octanol–water partition coefficient (Wildman–Crippen LogP) is 2.73. The molecule has 0 heterocycles. The molecule has 1 aromatic rings. The van der Waals surface area contributed by atoms with Crippen molar-refractivity contribution >= 4 is 5.91 Å². The van der Waals surface area contributed by atoms with Crippen LogP contribution in [-0.2, 0) is 12.8 Å². The number of halogens is 3. The van der Waals surface area contributed by atoms with Crippen LogP contribution in [0.4, 0.5) is 13.2 Å². The first-order chi connectivity index (χ1) is 9.70. The third-order valence-corrected chi connectivity index (χ3v) is 3.29. The van der Waals surface area contributed by atoms with Crippen molar-refractivity contribution in [3.8, 4) is 0 Å².